The summed E-state index contributed by atoms with van der Waals surface area (Å²) in [4.78, 5) is 91.7. The molecule has 0 aliphatic rings. The number of carbonyl (C=O) groups excluding carboxylic acids is 6. The first kappa shape index (κ1) is 35.4. The molecule has 13 heteroatoms. The first-order chi connectivity index (χ1) is 13.7. The summed E-state index contributed by atoms with van der Waals surface area (Å²) in [6.07, 6.45) is -0.819. The quantitative estimate of drug-likeness (QED) is 0.188. The fourth-order valence-electron chi connectivity index (χ4n) is 1.14. The number of hydrogen-bond acceptors (Lipinski definition) is 9. The van der Waals surface area contributed by atoms with Crippen LogP contribution in [0, 0.1) is 0 Å². The number of hydrogen-bond donors (Lipinski definition) is 3. The molecule has 0 spiro atoms. The predicted octanol–water partition coefficient (Wildman–Crippen LogP) is 0.0254. The van der Waals surface area contributed by atoms with Gasteiger partial charge in [-0.25, -0.2) is 14.4 Å². The van der Waals surface area contributed by atoms with E-state index in [9.17, 15) is 43.2 Å². The molecular weight excluding hydrogens is 464 g/mol. The summed E-state index contributed by atoms with van der Waals surface area (Å²) >= 11 is 0. The standard InChI is InChI=1S/3C6H8O4.Fe/c3*1-2-4(7)3-5(8)6(9)10;/h3*2-3H2,1H3,(H,9,10);. The first-order valence-corrected chi connectivity index (χ1v) is 8.56. The molecule has 3 N–H and O–H groups in total. The van der Waals surface area contributed by atoms with Crippen LogP contribution in [-0.4, -0.2) is 67.9 Å². The molecule has 0 aliphatic carbocycles. The van der Waals surface area contributed by atoms with Gasteiger partial charge in [0, 0.05) is 36.3 Å². The summed E-state index contributed by atoms with van der Waals surface area (Å²) in [5, 5.41) is 24.1. The van der Waals surface area contributed by atoms with Crippen molar-refractivity contribution in [1.82, 2.24) is 0 Å². The van der Waals surface area contributed by atoms with Crippen molar-refractivity contribution in [1.29, 1.82) is 0 Å². The molecule has 0 aromatic carbocycles. The van der Waals surface area contributed by atoms with Crippen molar-refractivity contribution in [3.05, 3.63) is 0 Å². The second kappa shape index (κ2) is 20.2. The first-order valence-electron chi connectivity index (χ1n) is 8.56. The normalized spacial score (nSPS) is 8.61. The molecule has 0 saturated carbocycles. The predicted molar refractivity (Wildman–Crippen MR) is 97.7 cm³/mol. The third-order valence-corrected chi connectivity index (χ3v) is 2.97. The van der Waals surface area contributed by atoms with E-state index in [0.29, 0.717) is 0 Å². The summed E-state index contributed by atoms with van der Waals surface area (Å²) in [7, 11) is 0. The Morgan fingerprint density at radius 2 is 0.613 bits per heavy atom. The molecule has 0 rings (SSSR count). The van der Waals surface area contributed by atoms with Crippen LogP contribution < -0.4 is 0 Å². The van der Waals surface area contributed by atoms with Gasteiger partial charge in [-0.05, 0) is 0 Å². The van der Waals surface area contributed by atoms with Gasteiger partial charge in [0.05, 0.1) is 19.3 Å². The molecule has 0 aliphatic heterocycles. The molecule has 0 unspecified atom stereocenters. The minimum absolute atomic E-state index is 0. The Labute approximate surface area is 187 Å². The van der Waals surface area contributed by atoms with Gasteiger partial charge in [-0.2, -0.15) is 0 Å². The van der Waals surface area contributed by atoms with E-state index in [2.05, 4.69) is 0 Å². The van der Waals surface area contributed by atoms with Crippen LogP contribution >= 0.6 is 0 Å². The second-order valence-electron chi connectivity index (χ2n) is 5.39. The van der Waals surface area contributed by atoms with E-state index in [0.717, 1.165) is 0 Å². The zero-order chi connectivity index (χ0) is 24.4. The van der Waals surface area contributed by atoms with Crippen molar-refractivity contribution in [2.75, 3.05) is 0 Å². The number of aliphatic carboxylic acids is 3. The molecule has 0 fully saturated rings. The molecule has 0 bridgehead atoms. The van der Waals surface area contributed by atoms with E-state index in [4.69, 9.17) is 15.3 Å². The molecule has 31 heavy (non-hydrogen) atoms. The largest absolute Gasteiger partial charge is 0.475 e. The van der Waals surface area contributed by atoms with Gasteiger partial charge in [0.2, 0.25) is 17.3 Å². The van der Waals surface area contributed by atoms with E-state index in [1.807, 2.05) is 0 Å². The Morgan fingerprint density at radius 3 is 0.710 bits per heavy atom. The van der Waals surface area contributed by atoms with Gasteiger partial charge in [0.25, 0.3) is 0 Å². The molecule has 0 saturated heterocycles. The third kappa shape index (κ3) is 23.1. The Bertz CT molecular complexity index is 613. The number of carboxylic acids is 3. The zero-order valence-corrected chi connectivity index (χ0v) is 18.2. The van der Waals surface area contributed by atoms with Crippen LogP contribution in [0.2, 0.25) is 0 Å². The SMILES string of the molecule is CCC(=O)CC(=O)C(=O)O.CCC(=O)CC(=O)C(=O)O.CCC(=O)CC(=O)C(=O)O.[Fe]. The smallest absolute Gasteiger partial charge is 0.372 e. The zero-order valence-electron chi connectivity index (χ0n) is 17.1. The van der Waals surface area contributed by atoms with Gasteiger partial charge < -0.3 is 15.3 Å². The maximum atomic E-state index is 10.4. The van der Waals surface area contributed by atoms with E-state index in [-0.39, 0.29) is 53.7 Å². The summed E-state index contributed by atoms with van der Waals surface area (Å²) in [5.41, 5.74) is 0. The molecule has 0 radical (unpaired) electrons. The fourth-order valence-corrected chi connectivity index (χ4v) is 1.14. The van der Waals surface area contributed by atoms with Crippen LogP contribution in [0.1, 0.15) is 59.3 Å². The number of carboxylic acid groups (broad SMARTS) is 3. The van der Waals surface area contributed by atoms with Crippen molar-refractivity contribution < 1.29 is 75.5 Å². The fraction of sp³-hybridized carbons (Fsp3) is 0.500. The molecular formula is C18H24FeO12. The van der Waals surface area contributed by atoms with Crippen LogP contribution in [-0.2, 0) is 60.2 Å². The van der Waals surface area contributed by atoms with Gasteiger partial charge >= 0.3 is 17.9 Å². The minimum Gasteiger partial charge on any atom is -0.475 e. The van der Waals surface area contributed by atoms with Crippen LogP contribution in [0.15, 0.2) is 0 Å². The van der Waals surface area contributed by atoms with Gasteiger partial charge in [-0.1, -0.05) is 20.8 Å². The van der Waals surface area contributed by atoms with Gasteiger partial charge in [-0.3, -0.25) is 28.8 Å². The van der Waals surface area contributed by atoms with Crippen molar-refractivity contribution in [2.24, 2.45) is 0 Å². The summed E-state index contributed by atoms with van der Waals surface area (Å²) in [6.45, 7) is 4.74. The molecule has 0 aromatic rings. The van der Waals surface area contributed by atoms with Gasteiger partial charge in [-0.15, -0.1) is 0 Å². The van der Waals surface area contributed by atoms with Crippen LogP contribution in [0.4, 0.5) is 0 Å². The Morgan fingerprint density at radius 1 is 0.452 bits per heavy atom. The Hall–Kier alpha value is -3.05. The topological polar surface area (TPSA) is 214 Å². The van der Waals surface area contributed by atoms with Crippen molar-refractivity contribution >= 4 is 52.6 Å². The Kier molecular flexibility index (Phi) is 23.1. The molecule has 0 atom stereocenters. The third-order valence-electron chi connectivity index (χ3n) is 2.97. The number of carbonyl (C=O) groups is 9. The number of rotatable bonds is 12. The van der Waals surface area contributed by atoms with E-state index >= 15 is 0 Å². The summed E-state index contributed by atoms with van der Waals surface area (Å²) < 4.78 is 0. The average molecular weight is 488 g/mol. The second-order valence-corrected chi connectivity index (χ2v) is 5.39. The monoisotopic (exact) mass is 488 g/mol. The number of Topliss-reactive ketones (excluding diaryl/α,β-unsaturated/α-hetero) is 6. The average Bonchev–Trinajstić information content (AvgIpc) is 2.67. The van der Waals surface area contributed by atoms with Crippen molar-refractivity contribution in [3.8, 4) is 0 Å². The molecule has 0 heterocycles. The van der Waals surface area contributed by atoms with Crippen LogP contribution in [0.3, 0.4) is 0 Å². The Balaban J connectivity index is -0.000000174. The molecule has 0 amide bonds. The van der Waals surface area contributed by atoms with Gasteiger partial charge in [0.15, 0.2) is 0 Å². The van der Waals surface area contributed by atoms with E-state index < -0.39 is 54.5 Å². The van der Waals surface area contributed by atoms with Crippen molar-refractivity contribution in [2.45, 2.75) is 59.3 Å². The van der Waals surface area contributed by atoms with Crippen LogP contribution in [0.5, 0.6) is 0 Å². The molecule has 0 aromatic heterocycles. The van der Waals surface area contributed by atoms with Crippen LogP contribution in [0.25, 0.3) is 0 Å². The van der Waals surface area contributed by atoms with E-state index in [1.165, 1.54) is 0 Å². The van der Waals surface area contributed by atoms with Crippen molar-refractivity contribution in [3.63, 3.8) is 0 Å². The van der Waals surface area contributed by atoms with Gasteiger partial charge in [0.1, 0.15) is 17.3 Å². The summed E-state index contributed by atoms with van der Waals surface area (Å²) in [6, 6.07) is 0. The van der Waals surface area contributed by atoms with E-state index in [1.54, 1.807) is 20.8 Å². The molecule has 176 valence electrons. The molecule has 12 nitrogen and oxygen atoms in total. The maximum absolute atomic E-state index is 10.4. The minimum atomic E-state index is -1.54. The summed E-state index contributed by atoms with van der Waals surface area (Å²) in [5.74, 6) is -8.75. The number of ketones is 6. The maximum Gasteiger partial charge on any atom is 0.372 e.